The minimum Gasteiger partial charge on any atom is -0.503 e. The summed E-state index contributed by atoms with van der Waals surface area (Å²) < 4.78 is 0. The molecule has 2 aromatic rings. The Morgan fingerprint density at radius 3 is 2.59 bits per heavy atom. The van der Waals surface area contributed by atoms with Crippen molar-refractivity contribution >= 4 is 23.2 Å². The van der Waals surface area contributed by atoms with Crippen molar-refractivity contribution in [3.63, 3.8) is 0 Å². The summed E-state index contributed by atoms with van der Waals surface area (Å²) in [6.45, 7) is 1.66. The van der Waals surface area contributed by atoms with Gasteiger partial charge in [-0.1, -0.05) is 29.3 Å². The van der Waals surface area contributed by atoms with Gasteiger partial charge in [0.25, 0.3) is 5.56 Å². The van der Waals surface area contributed by atoms with Crippen LogP contribution >= 0.6 is 23.2 Å². The molecule has 0 unspecified atom stereocenters. The maximum absolute atomic E-state index is 11.2. The summed E-state index contributed by atoms with van der Waals surface area (Å²) >= 11 is 11.9. The zero-order valence-corrected chi connectivity index (χ0v) is 10.4. The Labute approximate surface area is 108 Å². The lowest BCUT2D eigenvalue weighted by Crippen LogP contribution is -2.06. The number of nitrogens with one attached hydrogen (secondary N) is 1. The maximum atomic E-state index is 11.2. The van der Waals surface area contributed by atoms with Gasteiger partial charge in [0.2, 0.25) is 0 Å². The van der Waals surface area contributed by atoms with Gasteiger partial charge in [-0.15, -0.1) is 0 Å². The number of rotatable bonds is 1. The Balaban J connectivity index is 2.69. The SMILES string of the molecule is Cc1c(-c2ccc(Cl)cc2Cl)c[nH]c(=O)c1O. The number of halogens is 2. The third-order valence-electron chi connectivity index (χ3n) is 2.54. The number of aromatic amines is 1. The van der Waals surface area contributed by atoms with Crippen LogP contribution in [0.5, 0.6) is 5.75 Å². The second kappa shape index (κ2) is 4.43. The molecule has 0 amide bonds. The quantitative estimate of drug-likeness (QED) is 0.834. The van der Waals surface area contributed by atoms with Crippen LogP contribution in [0.15, 0.2) is 29.2 Å². The molecule has 0 aliphatic heterocycles. The zero-order chi connectivity index (χ0) is 12.6. The fourth-order valence-electron chi connectivity index (χ4n) is 1.60. The van der Waals surface area contributed by atoms with Crippen molar-refractivity contribution in [1.82, 2.24) is 4.98 Å². The van der Waals surface area contributed by atoms with E-state index in [0.29, 0.717) is 26.7 Å². The smallest absolute Gasteiger partial charge is 0.290 e. The highest BCUT2D eigenvalue weighted by Crippen LogP contribution is 2.33. The highest BCUT2D eigenvalue weighted by molar-refractivity contribution is 6.36. The predicted octanol–water partition coefficient (Wildman–Crippen LogP) is 3.36. The maximum Gasteiger partial charge on any atom is 0.290 e. The molecule has 17 heavy (non-hydrogen) atoms. The van der Waals surface area contributed by atoms with Crippen LogP contribution in [0.2, 0.25) is 10.0 Å². The summed E-state index contributed by atoms with van der Waals surface area (Å²) in [7, 11) is 0. The lowest BCUT2D eigenvalue weighted by molar-refractivity contribution is 0.462. The van der Waals surface area contributed by atoms with E-state index in [-0.39, 0.29) is 5.75 Å². The first-order valence-corrected chi connectivity index (χ1v) is 5.63. The van der Waals surface area contributed by atoms with Gasteiger partial charge in [-0.3, -0.25) is 4.79 Å². The van der Waals surface area contributed by atoms with Gasteiger partial charge in [0.1, 0.15) is 0 Å². The highest BCUT2D eigenvalue weighted by Gasteiger charge is 2.11. The van der Waals surface area contributed by atoms with Crippen LogP contribution in [0.1, 0.15) is 5.56 Å². The summed E-state index contributed by atoms with van der Waals surface area (Å²) in [5.74, 6) is -0.298. The first-order chi connectivity index (χ1) is 8.00. The van der Waals surface area contributed by atoms with Gasteiger partial charge in [-0.05, 0) is 19.1 Å². The van der Waals surface area contributed by atoms with Crippen LogP contribution in [-0.2, 0) is 0 Å². The molecule has 5 heteroatoms. The molecule has 0 fully saturated rings. The number of hydrogen-bond acceptors (Lipinski definition) is 2. The Morgan fingerprint density at radius 2 is 1.94 bits per heavy atom. The van der Waals surface area contributed by atoms with Gasteiger partial charge in [0.05, 0.1) is 0 Å². The third kappa shape index (κ3) is 2.16. The molecule has 1 aromatic heterocycles. The molecule has 0 bridgehead atoms. The number of pyridine rings is 1. The average Bonchev–Trinajstić information content (AvgIpc) is 2.28. The summed E-state index contributed by atoms with van der Waals surface area (Å²) in [5, 5.41) is 10.6. The third-order valence-corrected chi connectivity index (χ3v) is 3.09. The predicted molar refractivity (Wildman–Crippen MR) is 68.9 cm³/mol. The zero-order valence-electron chi connectivity index (χ0n) is 8.92. The molecule has 88 valence electrons. The Hall–Kier alpha value is -1.45. The lowest BCUT2D eigenvalue weighted by Gasteiger charge is -2.09. The number of aromatic hydroxyl groups is 1. The van der Waals surface area contributed by atoms with Crippen LogP contribution in [0.3, 0.4) is 0 Å². The molecule has 0 aliphatic carbocycles. The number of aromatic nitrogens is 1. The van der Waals surface area contributed by atoms with Gasteiger partial charge < -0.3 is 10.1 Å². The number of hydrogen-bond donors (Lipinski definition) is 2. The Kier molecular flexibility index (Phi) is 3.13. The molecule has 0 spiro atoms. The largest absolute Gasteiger partial charge is 0.503 e. The lowest BCUT2D eigenvalue weighted by atomic mass is 10.0. The molecule has 0 saturated carbocycles. The molecule has 0 aliphatic rings. The van der Waals surface area contributed by atoms with E-state index < -0.39 is 5.56 Å². The monoisotopic (exact) mass is 269 g/mol. The van der Waals surface area contributed by atoms with Crippen molar-refractivity contribution in [2.45, 2.75) is 6.92 Å². The van der Waals surface area contributed by atoms with E-state index in [1.165, 1.54) is 6.20 Å². The fraction of sp³-hybridized carbons (Fsp3) is 0.0833. The van der Waals surface area contributed by atoms with Crippen molar-refractivity contribution < 1.29 is 5.11 Å². The van der Waals surface area contributed by atoms with Crippen molar-refractivity contribution in [1.29, 1.82) is 0 Å². The first-order valence-electron chi connectivity index (χ1n) is 4.87. The van der Waals surface area contributed by atoms with E-state index in [0.717, 1.165) is 0 Å². The van der Waals surface area contributed by atoms with Gasteiger partial charge in [-0.25, -0.2) is 0 Å². The van der Waals surface area contributed by atoms with Gasteiger partial charge in [-0.2, -0.15) is 0 Å². The van der Waals surface area contributed by atoms with E-state index in [1.54, 1.807) is 25.1 Å². The topological polar surface area (TPSA) is 53.1 Å². The van der Waals surface area contributed by atoms with E-state index in [2.05, 4.69) is 4.98 Å². The molecule has 1 heterocycles. The fourth-order valence-corrected chi connectivity index (χ4v) is 2.11. The summed E-state index contributed by atoms with van der Waals surface area (Å²) in [6.07, 6.45) is 1.52. The Morgan fingerprint density at radius 1 is 1.24 bits per heavy atom. The summed E-state index contributed by atoms with van der Waals surface area (Å²) in [4.78, 5) is 13.7. The van der Waals surface area contributed by atoms with E-state index >= 15 is 0 Å². The minimum absolute atomic E-state index is 0.298. The second-order valence-electron chi connectivity index (χ2n) is 3.63. The molecule has 0 radical (unpaired) electrons. The van der Waals surface area contributed by atoms with E-state index in [4.69, 9.17) is 23.2 Å². The molecule has 0 atom stereocenters. The second-order valence-corrected chi connectivity index (χ2v) is 4.47. The van der Waals surface area contributed by atoms with Gasteiger partial charge in [0.15, 0.2) is 5.75 Å². The molecular weight excluding hydrogens is 261 g/mol. The molecule has 3 nitrogen and oxygen atoms in total. The summed E-state index contributed by atoms with van der Waals surface area (Å²) in [6, 6.07) is 5.05. The molecule has 1 aromatic carbocycles. The average molecular weight is 270 g/mol. The summed E-state index contributed by atoms with van der Waals surface area (Å²) in [5.41, 5.74) is 1.35. The van der Waals surface area contributed by atoms with Crippen LogP contribution in [-0.4, -0.2) is 10.1 Å². The number of H-pyrrole nitrogens is 1. The van der Waals surface area contributed by atoms with Crippen molar-refractivity contribution in [3.05, 3.63) is 50.4 Å². The van der Waals surface area contributed by atoms with Crippen LogP contribution in [0, 0.1) is 6.92 Å². The molecule has 0 saturated heterocycles. The van der Waals surface area contributed by atoms with Crippen LogP contribution < -0.4 is 5.56 Å². The highest BCUT2D eigenvalue weighted by atomic mass is 35.5. The van der Waals surface area contributed by atoms with Crippen LogP contribution in [0.4, 0.5) is 0 Å². The molecule has 2 rings (SSSR count). The van der Waals surface area contributed by atoms with Gasteiger partial charge >= 0.3 is 0 Å². The van der Waals surface area contributed by atoms with Crippen molar-refractivity contribution in [2.75, 3.05) is 0 Å². The Bertz CT molecular complexity index is 635. The van der Waals surface area contributed by atoms with Gasteiger partial charge in [0, 0.05) is 32.9 Å². The minimum atomic E-state index is -0.517. The number of benzene rings is 1. The van der Waals surface area contributed by atoms with Crippen molar-refractivity contribution in [2.24, 2.45) is 0 Å². The molecule has 2 N–H and O–H groups in total. The molecular formula is C12H9Cl2NO2. The van der Waals surface area contributed by atoms with E-state index in [9.17, 15) is 9.90 Å². The van der Waals surface area contributed by atoms with Crippen LogP contribution in [0.25, 0.3) is 11.1 Å². The van der Waals surface area contributed by atoms with E-state index in [1.807, 2.05) is 0 Å². The normalized spacial score (nSPS) is 10.5. The van der Waals surface area contributed by atoms with Crippen molar-refractivity contribution in [3.8, 4) is 16.9 Å². The standard InChI is InChI=1S/C12H9Cl2NO2/c1-6-9(5-15-12(17)11(6)16)8-3-2-7(13)4-10(8)14/h2-5,16H,1H3,(H,15,17). The first kappa shape index (κ1) is 12.0.